The average molecular weight is 466 g/mol. The van der Waals surface area contributed by atoms with Crippen molar-refractivity contribution < 1.29 is 23.6 Å². The number of benzene rings is 3. The van der Waals surface area contributed by atoms with Gasteiger partial charge in [0, 0.05) is 13.0 Å². The van der Waals surface area contributed by atoms with E-state index in [1.165, 1.54) is 0 Å². The fourth-order valence-electron chi connectivity index (χ4n) is 3.83. The fraction of sp³-hybridized carbons (Fsp3) is 0.269. The van der Waals surface area contributed by atoms with E-state index in [0.29, 0.717) is 31.9 Å². The molecule has 4 rings (SSSR count). The van der Waals surface area contributed by atoms with E-state index >= 15 is 0 Å². The first-order valence-corrected chi connectivity index (χ1v) is 12.2. The van der Waals surface area contributed by atoms with E-state index in [0.717, 1.165) is 33.2 Å². The number of rotatable bonds is 10. The van der Waals surface area contributed by atoms with E-state index in [-0.39, 0.29) is 0 Å². The third kappa shape index (κ3) is 5.26. The first-order valence-electron chi connectivity index (χ1n) is 11.0. The molecule has 172 valence electrons. The van der Waals surface area contributed by atoms with Gasteiger partial charge < -0.3 is 19.5 Å². The number of fused-ring (bicyclic) bond motifs is 2. The Bertz CT molecular complexity index is 1080. The van der Waals surface area contributed by atoms with Crippen LogP contribution in [0.15, 0.2) is 82.6 Å². The second kappa shape index (κ2) is 10.6. The quantitative estimate of drug-likeness (QED) is 0.463. The SMILES string of the molecule is CCCOC(Cc1ccc(OCCN2c3ccccc3S(=O)c3ccccc32)cc1)C(=O)O. The Hall–Kier alpha value is -3.16. The molecule has 1 unspecified atom stereocenters. The summed E-state index contributed by atoms with van der Waals surface area (Å²) in [7, 11) is -1.20. The maximum absolute atomic E-state index is 13.0. The molecule has 1 N–H and O–H groups in total. The predicted octanol–water partition coefficient (Wildman–Crippen LogP) is 4.81. The summed E-state index contributed by atoms with van der Waals surface area (Å²) in [5.41, 5.74) is 2.74. The first-order chi connectivity index (χ1) is 16.1. The number of nitrogens with zero attached hydrogens (tertiary/aromatic N) is 1. The van der Waals surface area contributed by atoms with Crippen LogP contribution in [0.3, 0.4) is 0 Å². The molecule has 0 fully saturated rings. The molecule has 1 heterocycles. The minimum Gasteiger partial charge on any atom is -0.492 e. The Kier molecular flexibility index (Phi) is 7.42. The minimum absolute atomic E-state index is 0.314. The van der Waals surface area contributed by atoms with Crippen LogP contribution in [-0.4, -0.2) is 41.1 Å². The number of anilines is 2. The van der Waals surface area contributed by atoms with Gasteiger partial charge in [-0.3, -0.25) is 0 Å². The van der Waals surface area contributed by atoms with Gasteiger partial charge >= 0.3 is 5.97 Å². The molecule has 0 saturated carbocycles. The van der Waals surface area contributed by atoms with Gasteiger partial charge in [-0.1, -0.05) is 43.3 Å². The molecule has 3 aromatic carbocycles. The van der Waals surface area contributed by atoms with Crippen molar-refractivity contribution in [3.63, 3.8) is 0 Å². The van der Waals surface area contributed by atoms with Gasteiger partial charge in [-0.2, -0.15) is 0 Å². The summed E-state index contributed by atoms with van der Waals surface area (Å²) in [6, 6.07) is 22.9. The van der Waals surface area contributed by atoms with Gasteiger partial charge in [0.05, 0.1) is 38.5 Å². The Balaban J connectivity index is 1.40. The lowest BCUT2D eigenvalue weighted by Gasteiger charge is -2.32. The van der Waals surface area contributed by atoms with Crippen molar-refractivity contribution in [2.75, 3.05) is 24.7 Å². The van der Waals surface area contributed by atoms with Crippen LogP contribution in [0.1, 0.15) is 18.9 Å². The van der Waals surface area contributed by atoms with Crippen molar-refractivity contribution in [2.24, 2.45) is 0 Å². The van der Waals surface area contributed by atoms with Crippen LogP contribution >= 0.6 is 0 Å². The van der Waals surface area contributed by atoms with Crippen LogP contribution in [0.25, 0.3) is 0 Å². The molecule has 0 saturated heterocycles. The number of carbonyl (C=O) groups is 1. The number of aliphatic carboxylic acids is 1. The molecular formula is C26H27NO5S. The second-order valence-corrected chi connectivity index (χ2v) is 9.17. The Morgan fingerprint density at radius 1 is 0.939 bits per heavy atom. The van der Waals surface area contributed by atoms with Crippen molar-refractivity contribution in [1.82, 2.24) is 0 Å². The normalized spacial score (nSPS) is 13.8. The van der Waals surface area contributed by atoms with Crippen LogP contribution in [0.5, 0.6) is 5.75 Å². The van der Waals surface area contributed by atoms with Gasteiger partial charge in [0.15, 0.2) is 6.10 Å². The molecule has 1 atom stereocenters. The highest BCUT2D eigenvalue weighted by Crippen LogP contribution is 2.41. The topological polar surface area (TPSA) is 76.1 Å². The van der Waals surface area contributed by atoms with E-state index in [4.69, 9.17) is 9.47 Å². The van der Waals surface area contributed by atoms with Gasteiger partial charge in [-0.15, -0.1) is 0 Å². The smallest absolute Gasteiger partial charge is 0.333 e. The van der Waals surface area contributed by atoms with Crippen molar-refractivity contribution in [3.8, 4) is 5.75 Å². The van der Waals surface area contributed by atoms with E-state index in [2.05, 4.69) is 4.90 Å². The summed E-state index contributed by atoms with van der Waals surface area (Å²) in [5.74, 6) is -0.242. The monoisotopic (exact) mass is 465 g/mol. The van der Waals surface area contributed by atoms with Gasteiger partial charge in [-0.25, -0.2) is 9.00 Å². The lowest BCUT2D eigenvalue weighted by atomic mass is 10.1. The standard InChI is InChI=1S/C26H27NO5S/c1-2-16-32-23(26(28)29)18-19-11-13-20(14-12-19)31-17-15-27-21-7-3-5-9-24(21)33(30)25-10-6-4-8-22(25)27/h3-14,23H,2,15-18H2,1H3,(H,28,29). The lowest BCUT2D eigenvalue weighted by molar-refractivity contribution is -0.150. The third-order valence-electron chi connectivity index (χ3n) is 5.44. The zero-order valence-electron chi connectivity index (χ0n) is 18.5. The van der Waals surface area contributed by atoms with Gasteiger partial charge in [-0.05, 0) is 48.4 Å². The zero-order valence-corrected chi connectivity index (χ0v) is 19.3. The van der Waals surface area contributed by atoms with Crippen molar-refractivity contribution in [2.45, 2.75) is 35.7 Å². The Morgan fingerprint density at radius 3 is 2.12 bits per heavy atom. The number of para-hydroxylation sites is 2. The molecule has 0 aliphatic carbocycles. The summed E-state index contributed by atoms with van der Waals surface area (Å²) < 4.78 is 24.4. The molecule has 1 aliphatic rings. The minimum atomic E-state index is -1.20. The van der Waals surface area contributed by atoms with Gasteiger partial charge in [0.25, 0.3) is 0 Å². The van der Waals surface area contributed by atoms with Gasteiger partial charge in [0.2, 0.25) is 0 Å². The number of carboxylic acids is 1. The third-order valence-corrected chi connectivity index (χ3v) is 6.93. The average Bonchev–Trinajstić information content (AvgIpc) is 2.84. The number of hydrogen-bond donors (Lipinski definition) is 1. The maximum atomic E-state index is 13.0. The van der Waals surface area contributed by atoms with Crippen LogP contribution in [-0.2, 0) is 26.8 Å². The molecular weight excluding hydrogens is 438 g/mol. The predicted molar refractivity (Wildman–Crippen MR) is 128 cm³/mol. The molecule has 6 nitrogen and oxygen atoms in total. The highest BCUT2D eigenvalue weighted by atomic mass is 32.2. The molecule has 3 aromatic rings. The van der Waals surface area contributed by atoms with Crippen LogP contribution in [0.2, 0.25) is 0 Å². The number of hydrogen-bond acceptors (Lipinski definition) is 5. The maximum Gasteiger partial charge on any atom is 0.333 e. The highest BCUT2D eigenvalue weighted by molar-refractivity contribution is 7.85. The lowest BCUT2D eigenvalue weighted by Crippen LogP contribution is -2.28. The summed E-state index contributed by atoms with van der Waals surface area (Å²) in [5, 5.41) is 9.34. The van der Waals surface area contributed by atoms with Crippen molar-refractivity contribution in [1.29, 1.82) is 0 Å². The summed E-state index contributed by atoms with van der Waals surface area (Å²) in [6.45, 7) is 3.41. The van der Waals surface area contributed by atoms with E-state index < -0.39 is 22.9 Å². The first kappa shape index (κ1) is 23.0. The molecule has 7 heteroatoms. The molecule has 1 aliphatic heterocycles. The summed E-state index contributed by atoms with van der Waals surface area (Å²) in [6.07, 6.45) is 0.244. The van der Waals surface area contributed by atoms with Crippen LogP contribution in [0.4, 0.5) is 11.4 Å². The molecule has 0 aromatic heterocycles. The summed E-state index contributed by atoms with van der Waals surface area (Å²) >= 11 is 0. The highest BCUT2D eigenvalue weighted by Gasteiger charge is 2.27. The van der Waals surface area contributed by atoms with Gasteiger partial charge in [0.1, 0.15) is 12.4 Å². The van der Waals surface area contributed by atoms with E-state index in [1.54, 1.807) is 0 Å². The number of carboxylic acid groups (broad SMARTS) is 1. The molecule has 0 bridgehead atoms. The van der Waals surface area contributed by atoms with E-state index in [9.17, 15) is 14.1 Å². The molecule has 0 amide bonds. The van der Waals surface area contributed by atoms with Crippen molar-refractivity contribution >= 4 is 28.1 Å². The second-order valence-electron chi connectivity index (χ2n) is 7.75. The van der Waals surface area contributed by atoms with E-state index in [1.807, 2.05) is 79.7 Å². The van der Waals surface area contributed by atoms with Crippen LogP contribution in [0, 0.1) is 0 Å². The summed E-state index contributed by atoms with van der Waals surface area (Å²) in [4.78, 5) is 15.1. The largest absolute Gasteiger partial charge is 0.492 e. The Labute approximate surface area is 196 Å². The Morgan fingerprint density at radius 2 is 1.55 bits per heavy atom. The molecule has 33 heavy (non-hydrogen) atoms. The van der Waals surface area contributed by atoms with Crippen LogP contribution < -0.4 is 9.64 Å². The molecule has 0 spiro atoms. The van der Waals surface area contributed by atoms with Crippen molar-refractivity contribution in [3.05, 3.63) is 78.4 Å². The zero-order chi connectivity index (χ0) is 23.2. The fourth-order valence-corrected chi connectivity index (χ4v) is 5.21. The molecule has 0 radical (unpaired) electrons. The number of ether oxygens (including phenoxy) is 2.